The van der Waals surface area contributed by atoms with Crippen LogP contribution in [0.4, 0.5) is 5.69 Å². The van der Waals surface area contributed by atoms with Gasteiger partial charge in [0.25, 0.3) is 0 Å². The lowest BCUT2D eigenvalue weighted by molar-refractivity contribution is 0.168. The Kier molecular flexibility index (Phi) is 3.53. The van der Waals surface area contributed by atoms with Crippen molar-refractivity contribution in [2.45, 2.75) is 32.4 Å². The topological polar surface area (TPSA) is 36.4 Å². The van der Waals surface area contributed by atoms with Gasteiger partial charge in [0.2, 0.25) is 0 Å². The molecule has 1 aromatic heterocycles. The van der Waals surface area contributed by atoms with Gasteiger partial charge in [0.05, 0.1) is 17.7 Å². The fourth-order valence-corrected chi connectivity index (χ4v) is 3.45. The average Bonchev–Trinajstić information content (AvgIpc) is 2.75. The summed E-state index contributed by atoms with van der Waals surface area (Å²) in [6.07, 6.45) is 3.50. The first-order valence-corrected chi connectivity index (χ1v) is 7.49. The molecule has 0 bridgehead atoms. The Morgan fingerprint density at radius 2 is 2.26 bits per heavy atom. The van der Waals surface area contributed by atoms with Crippen LogP contribution < -0.4 is 4.90 Å². The van der Waals surface area contributed by atoms with Crippen LogP contribution in [0, 0.1) is 6.92 Å². The highest BCUT2D eigenvalue weighted by molar-refractivity contribution is 7.11. The lowest BCUT2D eigenvalue weighted by Crippen LogP contribution is -2.22. The van der Waals surface area contributed by atoms with Gasteiger partial charge in [-0.25, -0.2) is 4.98 Å². The molecule has 0 saturated heterocycles. The zero-order chi connectivity index (χ0) is 13.2. The summed E-state index contributed by atoms with van der Waals surface area (Å²) in [6.45, 7) is 3.91. The van der Waals surface area contributed by atoms with Crippen LogP contribution in [0.3, 0.4) is 0 Å². The maximum Gasteiger partial charge on any atom is 0.0897 e. The first-order chi connectivity index (χ1) is 9.24. The highest BCUT2D eigenvalue weighted by atomic mass is 32.1. The third-order valence-electron chi connectivity index (χ3n) is 3.56. The van der Waals surface area contributed by atoms with Crippen molar-refractivity contribution in [1.29, 1.82) is 0 Å². The average molecular weight is 274 g/mol. The molecule has 2 heterocycles. The summed E-state index contributed by atoms with van der Waals surface area (Å²) in [6, 6.07) is 8.19. The van der Waals surface area contributed by atoms with Gasteiger partial charge in [-0.1, -0.05) is 18.2 Å². The van der Waals surface area contributed by atoms with Crippen molar-refractivity contribution < 1.29 is 5.11 Å². The van der Waals surface area contributed by atoms with E-state index in [0.29, 0.717) is 0 Å². The van der Waals surface area contributed by atoms with Crippen LogP contribution >= 0.6 is 11.3 Å². The standard InChI is InChI=1S/C15H18N2OS/c1-11-16-9-12(19-11)10-17-8-4-7-15(18)13-5-2-3-6-14(13)17/h2-3,5-6,9,15,18H,4,7-8,10H2,1H3. The van der Waals surface area contributed by atoms with Crippen molar-refractivity contribution >= 4 is 17.0 Å². The van der Waals surface area contributed by atoms with E-state index in [1.807, 2.05) is 31.3 Å². The number of hydrogen-bond acceptors (Lipinski definition) is 4. The highest BCUT2D eigenvalue weighted by Gasteiger charge is 2.21. The van der Waals surface area contributed by atoms with E-state index in [0.717, 1.165) is 36.5 Å². The molecule has 0 amide bonds. The van der Waals surface area contributed by atoms with Crippen molar-refractivity contribution in [3.05, 3.63) is 45.9 Å². The highest BCUT2D eigenvalue weighted by Crippen LogP contribution is 2.33. The minimum absolute atomic E-state index is 0.329. The van der Waals surface area contributed by atoms with Crippen LogP contribution in [-0.4, -0.2) is 16.6 Å². The summed E-state index contributed by atoms with van der Waals surface area (Å²) < 4.78 is 0. The van der Waals surface area contributed by atoms with Crippen molar-refractivity contribution in [3.8, 4) is 0 Å². The predicted octanol–water partition coefficient (Wildman–Crippen LogP) is 3.29. The maximum absolute atomic E-state index is 10.2. The number of benzene rings is 1. The molecule has 1 unspecified atom stereocenters. The number of anilines is 1. The molecule has 19 heavy (non-hydrogen) atoms. The third-order valence-corrected chi connectivity index (χ3v) is 4.46. The Labute approximate surface area is 117 Å². The Balaban J connectivity index is 1.91. The molecule has 1 aromatic carbocycles. The van der Waals surface area contributed by atoms with E-state index in [-0.39, 0.29) is 6.10 Å². The van der Waals surface area contributed by atoms with Gasteiger partial charge in [-0.2, -0.15) is 0 Å². The molecule has 0 saturated carbocycles. The molecule has 2 aromatic rings. The second kappa shape index (κ2) is 5.31. The molecule has 4 heteroatoms. The number of nitrogens with zero attached hydrogens (tertiary/aromatic N) is 2. The maximum atomic E-state index is 10.2. The molecule has 0 radical (unpaired) electrons. The summed E-state index contributed by atoms with van der Waals surface area (Å²) in [4.78, 5) is 7.96. The summed E-state index contributed by atoms with van der Waals surface area (Å²) in [5.41, 5.74) is 2.22. The Hall–Kier alpha value is -1.39. The summed E-state index contributed by atoms with van der Waals surface area (Å²) in [7, 11) is 0. The monoisotopic (exact) mass is 274 g/mol. The van der Waals surface area contributed by atoms with Gasteiger partial charge in [0.1, 0.15) is 0 Å². The number of para-hydroxylation sites is 1. The van der Waals surface area contributed by atoms with Crippen molar-refractivity contribution in [2.75, 3.05) is 11.4 Å². The quantitative estimate of drug-likeness (QED) is 0.913. The number of aryl methyl sites for hydroxylation is 1. The summed E-state index contributed by atoms with van der Waals surface area (Å²) in [5.74, 6) is 0. The number of hydrogen-bond donors (Lipinski definition) is 1. The lowest BCUT2D eigenvalue weighted by Gasteiger charge is -2.24. The number of thiazole rings is 1. The molecule has 0 spiro atoms. The summed E-state index contributed by atoms with van der Waals surface area (Å²) in [5, 5.41) is 11.3. The van der Waals surface area contributed by atoms with Gasteiger partial charge in [-0.15, -0.1) is 11.3 Å². The van der Waals surface area contributed by atoms with Gasteiger partial charge < -0.3 is 10.0 Å². The van der Waals surface area contributed by atoms with Gasteiger partial charge in [0, 0.05) is 28.9 Å². The van der Waals surface area contributed by atoms with Crippen LogP contribution in [0.15, 0.2) is 30.5 Å². The van der Waals surface area contributed by atoms with Crippen LogP contribution in [0.1, 0.15) is 34.4 Å². The zero-order valence-electron chi connectivity index (χ0n) is 11.0. The molecule has 0 aliphatic carbocycles. The van der Waals surface area contributed by atoms with Crippen LogP contribution in [0.25, 0.3) is 0 Å². The molecule has 100 valence electrons. The molecule has 0 fully saturated rings. The van der Waals surface area contributed by atoms with Crippen LogP contribution in [0.2, 0.25) is 0 Å². The van der Waals surface area contributed by atoms with Gasteiger partial charge in [-0.3, -0.25) is 0 Å². The Morgan fingerprint density at radius 1 is 1.42 bits per heavy atom. The smallest absolute Gasteiger partial charge is 0.0897 e. The lowest BCUT2D eigenvalue weighted by atomic mass is 10.0. The molecule has 1 aliphatic heterocycles. The normalized spacial score (nSPS) is 19.1. The van der Waals surface area contributed by atoms with E-state index in [2.05, 4.69) is 16.0 Å². The number of aliphatic hydroxyl groups is 1. The molecular formula is C15H18N2OS. The number of aromatic nitrogens is 1. The van der Waals surface area contributed by atoms with E-state index >= 15 is 0 Å². The molecular weight excluding hydrogens is 256 g/mol. The molecule has 1 aliphatic rings. The van der Waals surface area contributed by atoms with Gasteiger partial charge in [0.15, 0.2) is 0 Å². The Bertz CT molecular complexity index is 567. The molecule has 1 atom stereocenters. The fourth-order valence-electron chi connectivity index (χ4n) is 2.64. The first kappa shape index (κ1) is 12.6. The Morgan fingerprint density at radius 3 is 3.05 bits per heavy atom. The van der Waals surface area contributed by atoms with E-state index in [1.54, 1.807) is 11.3 Å². The van der Waals surface area contributed by atoms with Crippen molar-refractivity contribution in [1.82, 2.24) is 4.98 Å². The zero-order valence-corrected chi connectivity index (χ0v) is 11.9. The summed E-state index contributed by atoms with van der Waals surface area (Å²) >= 11 is 1.75. The van der Waals surface area contributed by atoms with Gasteiger partial charge >= 0.3 is 0 Å². The second-order valence-corrected chi connectivity index (χ2v) is 6.30. The predicted molar refractivity (Wildman–Crippen MR) is 78.5 cm³/mol. The second-order valence-electron chi connectivity index (χ2n) is 4.98. The molecule has 3 nitrogen and oxygen atoms in total. The molecule has 3 rings (SSSR count). The van der Waals surface area contributed by atoms with E-state index in [9.17, 15) is 5.11 Å². The van der Waals surface area contributed by atoms with Crippen molar-refractivity contribution in [3.63, 3.8) is 0 Å². The molecule has 1 N–H and O–H groups in total. The largest absolute Gasteiger partial charge is 0.388 e. The van der Waals surface area contributed by atoms with Gasteiger partial charge in [-0.05, 0) is 25.8 Å². The van der Waals surface area contributed by atoms with E-state index in [1.165, 1.54) is 10.6 Å². The first-order valence-electron chi connectivity index (χ1n) is 6.67. The number of fused-ring (bicyclic) bond motifs is 1. The fraction of sp³-hybridized carbons (Fsp3) is 0.400. The SMILES string of the molecule is Cc1ncc(CN2CCCC(O)c3ccccc32)s1. The number of aliphatic hydroxyl groups excluding tert-OH is 1. The van der Waals surface area contributed by atoms with Crippen LogP contribution in [-0.2, 0) is 6.54 Å². The third kappa shape index (κ3) is 2.65. The number of rotatable bonds is 2. The van der Waals surface area contributed by atoms with Crippen LogP contribution in [0.5, 0.6) is 0 Å². The van der Waals surface area contributed by atoms with Crippen molar-refractivity contribution in [2.24, 2.45) is 0 Å². The minimum atomic E-state index is -0.329. The van der Waals surface area contributed by atoms with E-state index < -0.39 is 0 Å². The van der Waals surface area contributed by atoms with E-state index in [4.69, 9.17) is 0 Å². The minimum Gasteiger partial charge on any atom is -0.388 e.